The predicted molar refractivity (Wildman–Crippen MR) is 88.4 cm³/mol. The maximum atomic E-state index is 12.2. The summed E-state index contributed by atoms with van der Waals surface area (Å²) in [5.74, 6) is -0.460. The third kappa shape index (κ3) is 3.55. The number of aryl methyl sites for hydroxylation is 1. The van der Waals surface area contributed by atoms with Crippen molar-refractivity contribution < 1.29 is 9.53 Å². The van der Waals surface area contributed by atoms with Crippen LogP contribution < -0.4 is 0 Å². The Labute approximate surface area is 142 Å². The SMILES string of the molecule is Cc1nc(-c2ccccc2)ccc1C(=O)OCc1nnsc1Cl. The topological polar surface area (TPSA) is 65.0 Å². The van der Waals surface area contributed by atoms with Crippen LogP contribution in [0.25, 0.3) is 11.3 Å². The summed E-state index contributed by atoms with van der Waals surface area (Å²) in [4.78, 5) is 16.6. The van der Waals surface area contributed by atoms with Crippen molar-refractivity contribution in [3.05, 3.63) is 63.8 Å². The van der Waals surface area contributed by atoms with E-state index in [-0.39, 0.29) is 6.61 Å². The number of carbonyl (C=O) groups is 1. The highest BCUT2D eigenvalue weighted by Crippen LogP contribution is 2.21. The number of pyridine rings is 1. The molecule has 3 aromatic rings. The van der Waals surface area contributed by atoms with E-state index in [9.17, 15) is 4.79 Å². The van der Waals surface area contributed by atoms with Crippen LogP contribution in [-0.2, 0) is 11.3 Å². The number of ether oxygens (including phenoxy) is 1. The third-order valence-electron chi connectivity index (χ3n) is 3.22. The standard InChI is InChI=1S/C16H12ClN3O2S/c1-10-12(16(21)22-9-14-15(17)23-20-19-14)7-8-13(18-10)11-5-3-2-4-6-11/h2-8H,9H2,1H3. The van der Waals surface area contributed by atoms with Gasteiger partial charge in [-0.15, -0.1) is 5.10 Å². The van der Waals surface area contributed by atoms with E-state index >= 15 is 0 Å². The van der Waals surface area contributed by atoms with Crippen molar-refractivity contribution in [2.24, 2.45) is 0 Å². The van der Waals surface area contributed by atoms with Gasteiger partial charge in [0, 0.05) is 17.1 Å². The lowest BCUT2D eigenvalue weighted by atomic mass is 10.1. The largest absolute Gasteiger partial charge is 0.455 e. The maximum absolute atomic E-state index is 12.2. The van der Waals surface area contributed by atoms with E-state index in [0.717, 1.165) is 22.8 Å². The Hall–Kier alpha value is -2.31. The number of carbonyl (C=O) groups excluding carboxylic acids is 1. The molecule has 0 spiro atoms. The van der Waals surface area contributed by atoms with Crippen LogP contribution in [0.2, 0.25) is 4.34 Å². The molecule has 0 N–H and O–H groups in total. The van der Waals surface area contributed by atoms with Crippen LogP contribution in [0.5, 0.6) is 0 Å². The lowest BCUT2D eigenvalue weighted by molar-refractivity contribution is 0.0466. The Morgan fingerprint density at radius 2 is 2.00 bits per heavy atom. The number of nitrogens with zero attached hydrogens (tertiary/aromatic N) is 3. The molecular weight excluding hydrogens is 334 g/mol. The fourth-order valence-electron chi connectivity index (χ4n) is 2.04. The molecule has 0 atom stereocenters. The Morgan fingerprint density at radius 3 is 2.65 bits per heavy atom. The van der Waals surface area contributed by atoms with Gasteiger partial charge >= 0.3 is 5.97 Å². The minimum atomic E-state index is -0.460. The highest BCUT2D eigenvalue weighted by Gasteiger charge is 2.15. The summed E-state index contributed by atoms with van der Waals surface area (Å²) in [6, 6.07) is 13.3. The zero-order chi connectivity index (χ0) is 16.2. The highest BCUT2D eigenvalue weighted by molar-refractivity contribution is 7.10. The highest BCUT2D eigenvalue weighted by atomic mass is 35.5. The summed E-state index contributed by atoms with van der Waals surface area (Å²) in [5.41, 5.74) is 3.29. The fourth-order valence-corrected chi connectivity index (χ4v) is 2.64. The molecule has 0 saturated heterocycles. The van der Waals surface area contributed by atoms with Gasteiger partial charge in [0.2, 0.25) is 0 Å². The van der Waals surface area contributed by atoms with Crippen LogP contribution in [0.3, 0.4) is 0 Å². The molecule has 5 nitrogen and oxygen atoms in total. The molecule has 0 amide bonds. The van der Waals surface area contributed by atoms with Crippen molar-refractivity contribution in [2.75, 3.05) is 0 Å². The molecular formula is C16H12ClN3O2S. The Balaban J connectivity index is 1.75. The molecule has 116 valence electrons. The van der Waals surface area contributed by atoms with E-state index in [1.807, 2.05) is 30.3 Å². The zero-order valence-electron chi connectivity index (χ0n) is 12.2. The minimum absolute atomic E-state index is 0.00591. The van der Waals surface area contributed by atoms with Crippen LogP contribution >= 0.6 is 23.1 Å². The molecule has 0 aliphatic carbocycles. The van der Waals surface area contributed by atoms with E-state index in [0.29, 0.717) is 21.3 Å². The van der Waals surface area contributed by atoms with Gasteiger partial charge in [0.25, 0.3) is 0 Å². The number of aromatic nitrogens is 3. The van der Waals surface area contributed by atoms with Crippen LogP contribution in [-0.4, -0.2) is 20.5 Å². The second-order valence-electron chi connectivity index (χ2n) is 4.76. The Bertz CT molecular complexity index is 836. The number of hydrogen-bond donors (Lipinski definition) is 0. The predicted octanol–water partition coefficient (Wildman–Crippen LogP) is 3.92. The maximum Gasteiger partial charge on any atom is 0.340 e. The summed E-state index contributed by atoms with van der Waals surface area (Å²) < 4.78 is 9.33. The average Bonchev–Trinajstić information content (AvgIpc) is 2.98. The van der Waals surface area contributed by atoms with E-state index in [2.05, 4.69) is 14.6 Å². The molecule has 0 aliphatic heterocycles. The molecule has 7 heteroatoms. The second kappa shape index (κ2) is 6.85. The van der Waals surface area contributed by atoms with Crippen molar-refractivity contribution in [1.82, 2.24) is 14.6 Å². The summed E-state index contributed by atoms with van der Waals surface area (Å²) >= 11 is 6.93. The van der Waals surface area contributed by atoms with Gasteiger partial charge < -0.3 is 4.74 Å². The molecule has 0 aliphatic rings. The Morgan fingerprint density at radius 1 is 1.22 bits per heavy atom. The monoisotopic (exact) mass is 345 g/mol. The quantitative estimate of drug-likeness (QED) is 0.670. The lowest BCUT2D eigenvalue weighted by Gasteiger charge is -2.08. The molecule has 0 bridgehead atoms. The van der Waals surface area contributed by atoms with Crippen molar-refractivity contribution in [1.29, 1.82) is 0 Å². The number of rotatable bonds is 4. The van der Waals surface area contributed by atoms with Gasteiger partial charge in [0.05, 0.1) is 17.0 Å². The molecule has 0 radical (unpaired) electrons. The van der Waals surface area contributed by atoms with Crippen LogP contribution in [0.15, 0.2) is 42.5 Å². The minimum Gasteiger partial charge on any atom is -0.455 e. The van der Waals surface area contributed by atoms with E-state index < -0.39 is 5.97 Å². The van der Waals surface area contributed by atoms with Gasteiger partial charge in [0.1, 0.15) is 16.6 Å². The summed E-state index contributed by atoms with van der Waals surface area (Å²) in [5, 5.41) is 3.80. The van der Waals surface area contributed by atoms with Crippen molar-refractivity contribution in [3.8, 4) is 11.3 Å². The van der Waals surface area contributed by atoms with Gasteiger partial charge in [-0.25, -0.2) is 4.79 Å². The smallest absolute Gasteiger partial charge is 0.340 e. The second-order valence-corrected chi connectivity index (χ2v) is 6.12. The van der Waals surface area contributed by atoms with Crippen molar-refractivity contribution in [2.45, 2.75) is 13.5 Å². The van der Waals surface area contributed by atoms with E-state index in [1.54, 1.807) is 19.1 Å². The molecule has 0 saturated carbocycles. The summed E-state index contributed by atoms with van der Waals surface area (Å²) in [6.45, 7) is 1.77. The first-order chi connectivity index (χ1) is 11.1. The van der Waals surface area contributed by atoms with Crippen LogP contribution in [0, 0.1) is 6.92 Å². The number of esters is 1. The molecule has 0 unspecified atom stereocenters. The number of benzene rings is 1. The molecule has 3 rings (SSSR count). The zero-order valence-corrected chi connectivity index (χ0v) is 13.8. The van der Waals surface area contributed by atoms with Crippen LogP contribution in [0.1, 0.15) is 21.7 Å². The lowest BCUT2D eigenvalue weighted by Crippen LogP contribution is -2.09. The van der Waals surface area contributed by atoms with E-state index in [1.165, 1.54) is 0 Å². The molecule has 0 fully saturated rings. The number of halogens is 1. The van der Waals surface area contributed by atoms with Crippen molar-refractivity contribution >= 4 is 29.1 Å². The first kappa shape index (κ1) is 15.6. The third-order valence-corrected chi connectivity index (χ3v) is 4.21. The summed E-state index contributed by atoms with van der Waals surface area (Å²) in [7, 11) is 0. The van der Waals surface area contributed by atoms with Crippen LogP contribution in [0.4, 0.5) is 0 Å². The molecule has 23 heavy (non-hydrogen) atoms. The molecule has 2 aromatic heterocycles. The van der Waals surface area contributed by atoms with Gasteiger partial charge in [-0.3, -0.25) is 4.98 Å². The van der Waals surface area contributed by atoms with Gasteiger partial charge in [0.15, 0.2) is 0 Å². The first-order valence-corrected chi connectivity index (χ1v) is 7.97. The number of hydrogen-bond acceptors (Lipinski definition) is 6. The van der Waals surface area contributed by atoms with Gasteiger partial charge in [-0.2, -0.15) is 0 Å². The normalized spacial score (nSPS) is 10.5. The fraction of sp³-hybridized carbons (Fsp3) is 0.125. The van der Waals surface area contributed by atoms with E-state index in [4.69, 9.17) is 16.3 Å². The Kier molecular flexibility index (Phi) is 4.64. The van der Waals surface area contributed by atoms with Crippen molar-refractivity contribution in [3.63, 3.8) is 0 Å². The van der Waals surface area contributed by atoms with Gasteiger partial charge in [-0.1, -0.05) is 46.4 Å². The summed E-state index contributed by atoms with van der Waals surface area (Å²) in [6.07, 6.45) is 0. The first-order valence-electron chi connectivity index (χ1n) is 6.82. The average molecular weight is 346 g/mol. The van der Waals surface area contributed by atoms with Gasteiger partial charge in [-0.05, 0) is 19.1 Å². The molecule has 1 aromatic carbocycles. The molecule has 2 heterocycles.